The average Bonchev–Trinajstić information content (AvgIpc) is 3.88. The SMILES string of the molecule is c1ccc(-c2nc(-c3ccc(-c4ccc([Si]5(c6ccccc6)c6ccccc6-c6ccccc65)cc4)cc3)cc(-c3ccc(-c4ccc5sc6ccccc6c5c4)cc3)n2)cc1. The topological polar surface area (TPSA) is 25.8 Å². The zero-order valence-corrected chi connectivity index (χ0v) is 35.6. The van der Waals surface area contributed by atoms with Crippen molar-refractivity contribution in [2.45, 2.75) is 0 Å². The van der Waals surface area contributed by atoms with Gasteiger partial charge in [0.1, 0.15) is 0 Å². The molecule has 2 aromatic heterocycles. The monoisotopic (exact) mass is 822 g/mol. The largest absolute Gasteiger partial charge is 0.228 e. The standard InChI is InChI=1S/C58H38N2SSi/c1-3-13-44(14-4-1)58-59-52(38-53(60-58)43-29-25-41(26-30-43)45-33-36-55-51(37-45)48-17-7-10-20-54(48)61-55)42-27-23-39(24-28-42)40-31-34-47(35-32-40)62(46-15-5-2-6-16-46)56-21-11-8-18-49(56)50-19-9-12-22-57(50)62/h1-38H. The Morgan fingerprint density at radius 2 is 0.758 bits per heavy atom. The van der Waals surface area contributed by atoms with Crippen molar-refractivity contribution in [3.63, 3.8) is 0 Å². The lowest BCUT2D eigenvalue weighted by molar-refractivity contribution is 1.18. The minimum Gasteiger partial charge on any atom is -0.228 e. The molecule has 4 heteroatoms. The first-order chi connectivity index (χ1) is 30.7. The van der Waals surface area contributed by atoms with Gasteiger partial charge in [-0.15, -0.1) is 11.3 Å². The minimum atomic E-state index is -2.52. The van der Waals surface area contributed by atoms with Crippen molar-refractivity contribution in [3.05, 3.63) is 231 Å². The Morgan fingerprint density at radius 1 is 0.306 bits per heavy atom. The zero-order chi connectivity index (χ0) is 41.0. The van der Waals surface area contributed by atoms with E-state index >= 15 is 0 Å². The van der Waals surface area contributed by atoms with Crippen molar-refractivity contribution < 1.29 is 0 Å². The van der Waals surface area contributed by atoms with Gasteiger partial charge in [0.2, 0.25) is 0 Å². The zero-order valence-electron chi connectivity index (χ0n) is 33.7. The van der Waals surface area contributed by atoms with Gasteiger partial charge in [-0.3, -0.25) is 0 Å². The fourth-order valence-corrected chi connectivity index (χ4v) is 15.9. The van der Waals surface area contributed by atoms with Gasteiger partial charge >= 0.3 is 0 Å². The van der Waals surface area contributed by atoms with E-state index in [9.17, 15) is 0 Å². The first-order valence-corrected chi connectivity index (χ1v) is 24.0. The molecule has 0 bridgehead atoms. The fraction of sp³-hybridized carbons (Fsp3) is 0. The van der Waals surface area contributed by atoms with E-state index in [0.717, 1.165) is 28.1 Å². The van der Waals surface area contributed by atoms with Gasteiger partial charge in [-0.1, -0.05) is 206 Å². The average molecular weight is 823 g/mol. The van der Waals surface area contributed by atoms with Gasteiger partial charge in [-0.25, -0.2) is 9.97 Å². The van der Waals surface area contributed by atoms with Crippen molar-refractivity contribution in [1.82, 2.24) is 9.97 Å². The Labute approximate surface area is 366 Å². The normalized spacial score (nSPS) is 12.6. The van der Waals surface area contributed by atoms with Crippen LogP contribution in [0.25, 0.3) is 87.5 Å². The molecule has 290 valence electrons. The van der Waals surface area contributed by atoms with Crippen LogP contribution in [-0.2, 0) is 0 Å². The van der Waals surface area contributed by atoms with Crippen LogP contribution in [0.4, 0.5) is 0 Å². The van der Waals surface area contributed by atoms with Crippen molar-refractivity contribution >= 4 is 60.3 Å². The summed E-state index contributed by atoms with van der Waals surface area (Å²) in [5.74, 6) is 0.711. The molecule has 0 aliphatic carbocycles. The molecule has 1 aliphatic rings. The maximum absolute atomic E-state index is 5.14. The molecule has 12 rings (SSSR count). The van der Waals surface area contributed by atoms with Gasteiger partial charge in [-0.05, 0) is 78.4 Å². The summed E-state index contributed by atoms with van der Waals surface area (Å²) in [5, 5.41) is 8.36. The number of thiophene rings is 1. The summed E-state index contributed by atoms with van der Waals surface area (Å²) >= 11 is 1.85. The number of rotatable bonds is 7. The summed E-state index contributed by atoms with van der Waals surface area (Å²) in [6.45, 7) is 0. The number of hydrogen-bond donors (Lipinski definition) is 0. The second kappa shape index (κ2) is 14.9. The Balaban J connectivity index is 0.883. The third kappa shape index (κ3) is 5.99. The van der Waals surface area contributed by atoms with Crippen LogP contribution in [-0.4, -0.2) is 18.0 Å². The Hall–Kier alpha value is -7.50. The molecule has 1 aliphatic heterocycles. The molecule has 3 heterocycles. The van der Waals surface area contributed by atoms with Crippen LogP contribution in [0.5, 0.6) is 0 Å². The maximum Gasteiger partial charge on any atom is 0.180 e. The van der Waals surface area contributed by atoms with Crippen molar-refractivity contribution in [1.29, 1.82) is 0 Å². The van der Waals surface area contributed by atoms with Gasteiger partial charge in [0.25, 0.3) is 0 Å². The number of hydrogen-bond acceptors (Lipinski definition) is 3. The van der Waals surface area contributed by atoms with Crippen LogP contribution in [0.1, 0.15) is 0 Å². The molecule has 62 heavy (non-hydrogen) atoms. The highest BCUT2D eigenvalue weighted by Gasteiger charge is 2.48. The predicted molar refractivity (Wildman–Crippen MR) is 265 cm³/mol. The Kier molecular flexibility index (Phi) is 8.73. The van der Waals surface area contributed by atoms with E-state index < -0.39 is 8.07 Å². The van der Waals surface area contributed by atoms with Crippen molar-refractivity contribution in [2.75, 3.05) is 0 Å². The highest BCUT2D eigenvalue weighted by Crippen LogP contribution is 2.37. The van der Waals surface area contributed by atoms with E-state index in [2.05, 4.69) is 212 Å². The van der Waals surface area contributed by atoms with Gasteiger partial charge in [0.15, 0.2) is 13.9 Å². The molecule has 0 saturated heterocycles. The molecule has 9 aromatic carbocycles. The van der Waals surface area contributed by atoms with Gasteiger partial charge in [0.05, 0.1) is 11.4 Å². The molecule has 0 fully saturated rings. The van der Waals surface area contributed by atoms with Crippen LogP contribution >= 0.6 is 11.3 Å². The van der Waals surface area contributed by atoms with E-state index in [0.29, 0.717) is 5.82 Å². The molecule has 0 atom stereocenters. The summed E-state index contributed by atoms with van der Waals surface area (Å²) in [7, 11) is -2.52. The quantitative estimate of drug-likeness (QED) is 0.150. The number of nitrogens with zero attached hydrogens (tertiary/aromatic N) is 2. The summed E-state index contributed by atoms with van der Waals surface area (Å²) in [6, 6.07) is 84.2. The number of aromatic nitrogens is 2. The second-order valence-electron chi connectivity index (χ2n) is 16.1. The highest BCUT2D eigenvalue weighted by molar-refractivity contribution is 7.25. The van der Waals surface area contributed by atoms with Crippen LogP contribution in [0.3, 0.4) is 0 Å². The third-order valence-electron chi connectivity index (χ3n) is 12.6. The van der Waals surface area contributed by atoms with E-state index in [4.69, 9.17) is 9.97 Å². The second-order valence-corrected chi connectivity index (χ2v) is 20.9. The number of fused-ring (bicyclic) bond motifs is 6. The van der Waals surface area contributed by atoms with E-state index in [1.807, 2.05) is 29.5 Å². The van der Waals surface area contributed by atoms with Crippen molar-refractivity contribution in [2.24, 2.45) is 0 Å². The van der Waals surface area contributed by atoms with Crippen LogP contribution in [0, 0.1) is 0 Å². The third-order valence-corrected chi connectivity index (χ3v) is 18.7. The van der Waals surface area contributed by atoms with Crippen molar-refractivity contribution in [3.8, 4) is 67.3 Å². The Bertz CT molecular complexity index is 3390. The Morgan fingerprint density at radius 3 is 1.39 bits per heavy atom. The summed E-state index contributed by atoms with van der Waals surface area (Å²) < 4.78 is 2.64. The molecule has 0 spiro atoms. The molecule has 0 saturated carbocycles. The number of benzene rings is 9. The lowest BCUT2D eigenvalue weighted by Gasteiger charge is -2.31. The minimum absolute atomic E-state index is 0.711. The van der Waals surface area contributed by atoms with E-state index in [1.165, 1.54) is 74.3 Å². The molecule has 0 unspecified atom stereocenters. The maximum atomic E-state index is 5.14. The van der Waals surface area contributed by atoms with Crippen LogP contribution < -0.4 is 20.7 Å². The molecular formula is C58H38N2SSi. The van der Waals surface area contributed by atoms with Gasteiger partial charge in [0, 0.05) is 36.9 Å². The lowest BCUT2D eigenvalue weighted by atomic mass is 9.99. The summed E-state index contributed by atoms with van der Waals surface area (Å²) in [4.78, 5) is 10.3. The first kappa shape index (κ1) is 36.4. The predicted octanol–water partition coefficient (Wildman–Crippen LogP) is 12.5. The smallest absolute Gasteiger partial charge is 0.180 e. The lowest BCUT2D eigenvalue weighted by Crippen LogP contribution is -2.72. The van der Waals surface area contributed by atoms with E-state index in [-0.39, 0.29) is 0 Å². The van der Waals surface area contributed by atoms with Crippen LogP contribution in [0.2, 0.25) is 0 Å². The summed E-state index contributed by atoms with van der Waals surface area (Å²) in [6.07, 6.45) is 0. The summed E-state index contributed by atoms with van der Waals surface area (Å²) in [5.41, 5.74) is 12.4. The highest BCUT2D eigenvalue weighted by atomic mass is 32.1. The van der Waals surface area contributed by atoms with Gasteiger partial charge in [-0.2, -0.15) is 0 Å². The van der Waals surface area contributed by atoms with E-state index in [1.54, 1.807) is 0 Å². The molecular weight excluding hydrogens is 785 g/mol. The molecule has 2 nitrogen and oxygen atoms in total. The van der Waals surface area contributed by atoms with Crippen LogP contribution in [0.15, 0.2) is 231 Å². The molecule has 0 N–H and O–H groups in total. The molecule has 0 amide bonds. The molecule has 11 aromatic rings. The fourth-order valence-electron chi connectivity index (χ4n) is 9.66. The first-order valence-electron chi connectivity index (χ1n) is 21.1. The van der Waals surface area contributed by atoms with Gasteiger partial charge < -0.3 is 0 Å². The molecule has 0 radical (unpaired) electrons.